The molecule has 2 aliphatic rings. The molecule has 8 heteroatoms. The van der Waals surface area contributed by atoms with Crippen LogP contribution in [0.3, 0.4) is 0 Å². The van der Waals surface area contributed by atoms with E-state index in [0.29, 0.717) is 41.7 Å². The van der Waals surface area contributed by atoms with Crippen LogP contribution in [0.5, 0.6) is 11.5 Å². The summed E-state index contributed by atoms with van der Waals surface area (Å²) in [7, 11) is 0. The van der Waals surface area contributed by atoms with Crippen molar-refractivity contribution in [2.24, 2.45) is 5.10 Å². The van der Waals surface area contributed by atoms with Crippen molar-refractivity contribution < 1.29 is 19.4 Å². The fraction of sp³-hybridized carbons (Fsp3) is 0.217. The molecule has 0 saturated carbocycles. The number of aliphatic carboxylic acids is 1. The van der Waals surface area contributed by atoms with Gasteiger partial charge < -0.3 is 14.6 Å². The Kier molecular flexibility index (Phi) is 6.54. The van der Waals surface area contributed by atoms with Crippen LogP contribution in [-0.4, -0.2) is 36.0 Å². The van der Waals surface area contributed by atoms with Crippen LogP contribution in [0.1, 0.15) is 12.0 Å². The number of rotatable bonds is 9. The summed E-state index contributed by atoms with van der Waals surface area (Å²) in [6.07, 6.45) is 8.56. The molecule has 1 aliphatic carbocycles. The standard InChI is InChI=1S/C23H22ClN3O4/c24-17-9-10-22(21(15-17)27-25-19-7-1-2-8-20(19)26-27)31-12-4-11-30-18-6-3-5-16(13-18)14-23(28)29/h1-3,5-10,13,15,19,25H,4,11-12,14H2,(H,28,29). The van der Waals surface area contributed by atoms with Crippen molar-refractivity contribution in [3.05, 3.63) is 77.4 Å². The topological polar surface area (TPSA) is 83.4 Å². The minimum atomic E-state index is -0.867. The van der Waals surface area contributed by atoms with Gasteiger partial charge in [0.15, 0.2) is 0 Å². The molecule has 2 aromatic carbocycles. The first-order valence-electron chi connectivity index (χ1n) is 9.94. The Morgan fingerprint density at radius 3 is 2.87 bits per heavy atom. The number of benzene rings is 2. The quantitative estimate of drug-likeness (QED) is 0.575. The van der Waals surface area contributed by atoms with Crippen LogP contribution in [0.25, 0.3) is 0 Å². The zero-order valence-electron chi connectivity index (χ0n) is 16.7. The van der Waals surface area contributed by atoms with Crippen LogP contribution in [-0.2, 0) is 11.2 Å². The van der Waals surface area contributed by atoms with Gasteiger partial charge in [0.05, 0.1) is 31.4 Å². The molecule has 31 heavy (non-hydrogen) atoms. The fourth-order valence-corrected chi connectivity index (χ4v) is 3.43. The lowest BCUT2D eigenvalue weighted by Gasteiger charge is -2.20. The van der Waals surface area contributed by atoms with E-state index in [0.717, 1.165) is 11.4 Å². The molecule has 1 aliphatic heterocycles. The average Bonchev–Trinajstić information content (AvgIpc) is 3.18. The molecule has 2 aromatic rings. The largest absolute Gasteiger partial charge is 0.493 e. The first kappa shape index (κ1) is 21.0. The van der Waals surface area contributed by atoms with Gasteiger partial charge in [-0.3, -0.25) is 4.79 Å². The van der Waals surface area contributed by atoms with Crippen molar-refractivity contribution in [1.29, 1.82) is 0 Å². The Hall–Kier alpha value is -3.29. The molecule has 0 bridgehead atoms. The minimum absolute atomic E-state index is 0.0270. The molecule has 4 rings (SSSR count). The van der Waals surface area contributed by atoms with Gasteiger partial charge in [-0.1, -0.05) is 42.0 Å². The normalized spacial score (nSPS) is 16.7. The van der Waals surface area contributed by atoms with E-state index in [1.165, 1.54) is 0 Å². The molecule has 1 atom stereocenters. The second kappa shape index (κ2) is 9.68. The number of carboxylic acid groups (broad SMARTS) is 1. The Morgan fingerprint density at radius 2 is 2.03 bits per heavy atom. The Morgan fingerprint density at radius 1 is 1.16 bits per heavy atom. The predicted molar refractivity (Wildman–Crippen MR) is 120 cm³/mol. The van der Waals surface area contributed by atoms with Crippen molar-refractivity contribution in [1.82, 2.24) is 5.43 Å². The number of anilines is 1. The number of nitrogens with zero attached hydrogens (tertiary/aromatic N) is 2. The number of allylic oxidation sites excluding steroid dienone is 2. The van der Waals surface area contributed by atoms with Gasteiger partial charge in [-0.15, -0.1) is 0 Å². The van der Waals surface area contributed by atoms with Gasteiger partial charge in [0.1, 0.15) is 17.2 Å². The van der Waals surface area contributed by atoms with Gasteiger partial charge >= 0.3 is 5.97 Å². The van der Waals surface area contributed by atoms with Crippen molar-refractivity contribution in [3.63, 3.8) is 0 Å². The Balaban J connectivity index is 1.32. The number of hydrogen-bond donors (Lipinski definition) is 2. The Labute approximate surface area is 185 Å². The lowest BCUT2D eigenvalue weighted by Crippen LogP contribution is -2.37. The van der Waals surface area contributed by atoms with Crippen molar-refractivity contribution in [2.45, 2.75) is 18.9 Å². The summed E-state index contributed by atoms with van der Waals surface area (Å²) < 4.78 is 11.7. The van der Waals surface area contributed by atoms with Crippen molar-refractivity contribution in [3.8, 4) is 11.5 Å². The number of carbonyl (C=O) groups is 1. The van der Waals surface area contributed by atoms with Crippen LogP contribution in [0.15, 0.2) is 71.9 Å². The summed E-state index contributed by atoms with van der Waals surface area (Å²) >= 11 is 6.20. The highest BCUT2D eigenvalue weighted by atomic mass is 35.5. The van der Waals surface area contributed by atoms with E-state index in [1.54, 1.807) is 29.4 Å². The summed E-state index contributed by atoms with van der Waals surface area (Å²) in [5.74, 6) is 0.441. The monoisotopic (exact) mass is 439 g/mol. The molecule has 1 heterocycles. The molecule has 0 amide bonds. The van der Waals surface area contributed by atoms with E-state index in [1.807, 2.05) is 42.5 Å². The number of hydrogen-bond acceptors (Lipinski definition) is 6. The maximum absolute atomic E-state index is 10.8. The van der Waals surface area contributed by atoms with Gasteiger partial charge in [-0.05, 0) is 42.0 Å². The van der Waals surface area contributed by atoms with Crippen LogP contribution in [0.2, 0.25) is 5.02 Å². The Bertz CT molecular complexity index is 1050. The SMILES string of the molecule is O=C(O)Cc1cccc(OCCCOc2ccc(Cl)cc2N2N=C3C=CC=CC3N2)c1. The molecule has 7 nitrogen and oxygen atoms in total. The molecule has 1 unspecified atom stereocenters. The average molecular weight is 440 g/mol. The smallest absolute Gasteiger partial charge is 0.307 e. The zero-order chi connectivity index (χ0) is 21.6. The second-order valence-corrected chi connectivity index (χ2v) is 7.50. The van der Waals surface area contributed by atoms with E-state index in [2.05, 4.69) is 10.5 Å². The highest BCUT2D eigenvalue weighted by Crippen LogP contribution is 2.33. The lowest BCUT2D eigenvalue weighted by atomic mass is 10.1. The molecule has 0 fully saturated rings. The number of hydrazone groups is 1. The van der Waals surface area contributed by atoms with Gasteiger partial charge in [-0.2, -0.15) is 15.6 Å². The van der Waals surface area contributed by atoms with Crippen molar-refractivity contribution >= 4 is 29.0 Å². The van der Waals surface area contributed by atoms with Gasteiger partial charge in [0.25, 0.3) is 0 Å². The number of fused-ring (bicyclic) bond motifs is 1. The first-order chi connectivity index (χ1) is 15.1. The van der Waals surface area contributed by atoms with Crippen LogP contribution < -0.4 is 20.0 Å². The summed E-state index contributed by atoms with van der Waals surface area (Å²) in [5, 5.41) is 15.8. The molecule has 0 aromatic heterocycles. The molecule has 0 saturated heterocycles. The van der Waals surface area contributed by atoms with Crippen LogP contribution in [0.4, 0.5) is 5.69 Å². The summed E-state index contributed by atoms with van der Waals surface area (Å²) in [4.78, 5) is 10.8. The highest BCUT2D eigenvalue weighted by Gasteiger charge is 2.26. The maximum atomic E-state index is 10.8. The molecule has 0 spiro atoms. The molecule has 2 N–H and O–H groups in total. The first-order valence-corrected chi connectivity index (χ1v) is 10.3. The summed E-state index contributed by atoms with van der Waals surface area (Å²) in [6.45, 7) is 0.887. The van der Waals surface area contributed by atoms with Gasteiger partial charge in [0, 0.05) is 11.4 Å². The third kappa shape index (κ3) is 5.45. The molecule has 0 radical (unpaired) electrons. The van der Waals surface area contributed by atoms with E-state index in [-0.39, 0.29) is 12.5 Å². The number of nitrogens with one attached hydrogen (secondary N) is 1. The van der Waals surface area contributed by atoms with Gasteiger partial charge in [-0.25, -0.2) is 0 Å². The number of halogens is 1. The fourth-order valence-electron chi connectivity index (χ4n) is 3.26. The van der Waals surface area contributed by atoms with Crippen LogP contribution in [0, 0.1) is 0 Å². The lowest BCUT2D eigenvalue weighted by molar-refractivity contribution is -0.136. The minimum Gasteiger partial charge on any atom is -0.493 e. The third-order valence-electron chi connectivity index (χ3n) is 4.70. The van der Waals surface area contributed by atoms with Crippen LogP contribution >= 0.6 is 11.6 Å². The zero-order valence-corrected chi connectivity index (χ0v) is 17.5. The number of carboxylic acids is 1. The van der Waals surface area contributed by atoms with E-state index < -0.39 is 5.97 Å². The van der Waals surface area contributed by atoms with E-state index >= 15 is 0 Å². The summed E-state index contributed by atoms with van der Waals surface area (Å²) in [6, 6.07) is 12.5. The third-order valence-corrected chi connectivity index (χ3v) is 4.93. The molecular weight excluding hydrogens is 418 g/mol. The molecular formula is C23H22ClN3O4. The van der Waals surface area contributed by atoms with E-state index in [4.69, 9.17) is 26.2 Å². The van der Waals surface area contributed by atoms with Crippen molar-refractivity contribution in [2.75, 3.05) is 18.3 Å². The molecule has 160 valence electrons. The highest BCUT2D eigenvalue weighted by molar-refractivity contribution is 6.31. The van der Waals surface area contributed by atoms with Gasteiger partial charge in [0.2, 0.25) is 0 Å². The number of hydrazine groups is 1. The predicted octanol–water partition coefficient (Wildman–Crippen LogP) is 3.99. The maximum Gasteiger partial charge on any atom is 0.307 e. The second-order valence-electron chi connectivity index (χ2n) is 7.07. The van der Waals surface area contributed by atoms with E-state index in [9.17, 15) is 4.79 Å². The summed E-state index contributed by atoms with van der Waals surface area (Å²) in [5.41, 5.74) is 5.67. The number of ether oxygens (including phenoxy) is 2.